The van der Waals surface area contributed by atoms with Crippen molar-refractivity contribution in [2.24, 2.45) is 5.73 Å². The molecule has 0 radical (unpaired) electrons. The molecule has 0 bridgehead atoms. The average Bonchev–Trinajstić information content (AvgIpc) is 2.64. The summed E-state index contributed by atoms with van der Waals surface area (Å²) in [7, 11) is -0.920. The minimum Gasteiger partial charge on any atom is -0.494 e. The van der Waals surface area contributed by atoms with E-state index >= 15 is 0 Å². The Morgan fingerprint density at radius 1 is 1.56 bits per heavy atom. The number of benzene rings is 1. The molecule has 1 aliphatic heterocycles. The first-order valence-corrected chi connectivity index (χ1v) is 5.57. The van der Waals surface area contributed by atoms with Gasteiger partial charge in [-0.25, -0.2) is 0 Å². The van der Waals surface area contributed by atoms with Crippen LogP contribution < -0.4 is 15.9 Å². The van der Waals surface area contributed by atoms with Gasteiger partial charge in [-0.1, -0.05) is 19.1 Å². The lowest BCUT2D eigenvalue weighted by molar-refractivity contribution is 0.198. The fourth-order valence-electron chi connectivity index (χ4n) is 1.92. The quantitative estimate of drug-likeness (QED) is 0.712. The van der Waals surface area contributed by atoms with Crippen molar-refractivity contribution < 1.29 is 14.4 Å². The smallest absolute Gasteiger partial charge is 0.494 e. The third-order valence-electron chi connectivity index (χ3n) is 2.66. The summed E-state index contributed by atoms with van der Waals surface area (Å²) in [6.07, 6.45) is 0.705. The Balaban J connectivity index is 2.32. The van der Waals surface area contributed by atoms with Crippen molar-refractivity contribution >= 4 is 12.6 Å². The van der Waals surface area contributed by atoms with Crippen molar-refractivity contribution in [2.75, 3.05) is 13.2 Å². The van der Waals surface area contributed by atoms with Gasteiger partial charge >= 0.3 is 7.12 Å². The van der Waals surface area contributed by atoms with Gasteiger partial charge in [0.1, 0.15) is 5.75 Å². The summed E-state index contributed by atoms with van der Waals surface area (Å²) in [4.78, 5) is 0. The molecule has 0 spiro atoms. The molecule has 0 aromatic heterocycles. The standard InChI is InChI=1S/C11H16BNO3/c1-2-6-15-9-5-3-4-8-10(7-13)16-12(14)11(8)9/h3-5,10,14H,2,6-7,13H2,1H3/t10-/m1/s1. The molecule has 0 saturated carbocycles. The molecule has 4 nitrogen and oxygen atoms in total. The first kappa shape index (κ1) is 11.5. The second kappa shape index (κ2) is 4.87. The van der Waals surface area contributed by atoms with E-state index in [0.29, 0.717) is 18.9 Å². The second-order valence-electron chi connectivity index (χ2n) is 3.82. The van der Waals surface area contributed by atoms with Crippen LogP contribution in [0.15, 0.2) is 18.2 Å². The van der Waals surface area contributed by atoms with Gasteiger partial charge in [-0.15, -0.1) is 0 Å². The fourth-order valence-corrected chi connectivity index (χ4v) is 1.92. The van der Waals surface area contributed by atoms with E-state index in [1.54, 1.807) is 0 Å². The Morgan fingerprint density at radius 2 is 2.38 bits per heavy atom. The number of rotatable bonds is 4. The van der Waals surface area contributed by atoms with Crippen LogP contribution in [0.5, 0.6) is 5.75 Å². The van der Waals surface area contributed by atoms with Crippen LogP contribution in [0.1, 0.15) is 25.0 Å². The largest absolute Gasteiger partial charge is 0.495 e. The highest BCUT2D eigenvalue weighted by atomic mass is 16.5. The zero-order valence-electron chi connectivity index (χ0n) is 9.35. The van der Waals surface area contributed by atoms with Crippen LogP contribution in [-0.4, -0.2) is 25.3 Å². The van der Waals surface area contributed by atoms with Gasteiger partial charge in [0, 0.05) is 12.0 Å². The minimum atomic E-state index is -0.920. The first-order valence-electron chi connectivity index (χ1n) is 5.57. The van der Waals surface area contributed by atoms with E-state index in [1.807, 2.05) is 25.1 Å². The van der Waals surface area contributed by atoms with Crippen molar-refractivity contribution in [3.05, 3.63) is 23.8 Å². The Hall–Kier alpha value is -1.04. The maximum atomic E-state index is 9.81. The maximum absolute atomic E-state index is 9.81. The van der Waals surface area contributed by atoms with Crippen LogP contribution in [0, 0.1) is 0 Å². The summed E-state index contributed by atoms with van der Waals surface area (Å²) in [5, 5.41) is 9.81. The molecule has 1 aromatic rings. The molecular formula is C11H16BNO3. The normalized spacial score (nSPS) is 18.7. The van der Waals surface area contributed by atoms with Crippen LogP contribution >= 0.6 is 0 Å². The van der Waals surface area contributed by atoms with Crippen molar-refractivity contribution in [3.63, 3.8) is 0 Å². The summed E-state index contributed by atoms with van der Waals surface area (Å²) in [5.41, 5.74) is 7.25. The van der Waals surface area contributed by atoms with Crippen molar-refractivity contribution in [3.8, 4) is 5.75 Å². The van der Waals surface area contributed by atoms with Crippen molar-refractivity contribution in [1.82, 2.24) is 0 Å². The predicted molar refractivity (Wildman–Crippen MR) is 62.7 cm³/mol. The van der Waals surface area contributed by atoms with Gasteiger partial charge in [0.15, 0.2) is 0 Å². The molecule has 0 aliphatic carbocycles. The Labute approximate surface area is 95.5 Å². The fraction of sp³-hybridized carbons (Fsp3) is 0.455. The molecule has 3 N–H and O–H groups in total. The number of hydrogen-bond donors (Lipinski definition) is 2. The van der Waals surface area contributed by atoms with E-state index < -0.39 is 7.12 Å². The lowest BCUT2D eigenvalue weighted by Crippen LogP contribution is -2.30. The molecule has 5 heteroatoms. The Kier molecular flexibility index (Phi) is 3.48. The monoisotopic (exact) mass is 221 g/mol. The highest BCUT2D eigenvalue weighted by molar-refractivity contribution is 6.62. The van der Waals surface area contributed by atoms with E-state index in [2.05, 4.69) is 0 Å². The topological polar surface area (TPSA) is 64.7 Å². The Morgan fingerprint density at radius 3 is 3.06 bits per heavy atom. The van der Waals surface area contributed by atoms with E-state index in [4.69, 9.17) is 15.1 Å². The summed E-state index contributed by atoms with van der Waals surface area (Å²) >= 11 is 0. The number of ether oxygens (including phenoxy) is 1. The van der Waals surface area contributed by atoms with Crippen LogP contribution in [0.25, 0.3) is 0 Å². The molecule has 1 heterocycles. The molecule has 1 aliphatic rings. The van der Waals surface area contributed by atoms with Gasteiger partial charge in [0.25, 0.3) is 0 Å². The molecule has 0 saturated heterocycles. The molecule has 0 unspecified atom stereocenters. The summed E-state index contributed by atoms with van der Waals surface area (Å²) in [5.74, 6) is 0.697. The van der Waals surface area contributed by atoms with Gasteiger partial charge in [-0.2, -0.15) is 0 Å². The second-order valence-corrected chi connectivity index (χ2v) is 3.82. The third-order valence-corrected chi connectivity index (χ3v) is 2.66. The van der Waals surface area contributed by atoms with Gasteiger partial charge in [-0.3, -0.25) is 0 Å². The van der Waals surface area contributed by atoms with Crippen LogP contribution in [-0.2, 0) is 4.65 Å². The zero-order valence-corrected chi connectivity index (χ0v) is 9.35. The van der Waals surface area contributed by atoms with E-state index in [9.17, 15) is 5.02 Å². The molecular weight excluding hydrogens is 205 g/mol. The van der Waals surface area contributed by atoms with Gasteiger partial charge in [0.05, 0.1) is 12.7 Å². The molecule has 0 amide bonds. The molecule has 2 rings (SSSR count). The van der Waals surface area contributed by atoms with Crippen LogP contribution in [0.2, 0.25) is 0 Å². The molecule has 1 aromatic carbocycles. The predicted octanol–water partition coefficient (Wildman–Crippen LogP) is 0.193. The molecule has 86 valence electrons. The summed E-state index contributed by atoms with van der Waals surface area (Å²) in [6.45, 7) is 3.04. The van der Waals surface area contributed by atoms with E-state index in [-0.39, 0.29) is 6.10 Å². The van der Waals surface area contributed by atoms with Crippen molar-refractivity contribution in [1.29, 1.82) is 0 Å². The first-order chi connectivity index (χ1) is 7.77. The highest BCUT2D eigenvalue weighted by Crippen LogP contribution is 2.26. The summed E-state index contributed by atoms with van der Waals surface area (Å²) in [6, 6.07) is 5.66. The van der Waals surface area contributed by atoms with Gasteiger partial charge in [-0.05, 0) is 18.1 Å². The van der Waals surface area contributed by atoms with Gasteiger partial charge < -0.3 is 20.1 Å². The number of hydrogen-bond acceptors (Lipinski definition) is 4. The molecule has 16 heavy (non-hydrogen) atoms. The van der Waals surface area contributed by atoms with Crippen LogP contribution in [0.4, 0.5) is 0 Å². The minimum absolute atomic E-state index is 0.227. The lowest BCUT2D eigenvalue weighted by Gasteiger charge is -2.10. The van der Waals surface area contributed by atoms with Crippen molar-refractivity contribution in [2.45, 2.75) is 19.4 Å². The number of fused-ring (bicyclic) bond motifs is 1. The van der Waals surface area contributed by atoms with E-state index in [0.717, 1.165) is 17.4 Å². The number of nitrogens with two attached hydrogens (primary N) is 1. The molecule has 0 fully saturated rings. The summed E-state index contributed by atoms with van der Waals surface area (Å²) < 4.78 is 10.9. The van der Waals surface area contributed by atoms with E-state index in [1.165, 1.54) is 0 Å². The zero-order chi connectivity index (χ0) is 11.5. The van der Waals surface area contributed by atoms with Crippen LogP contribution in [0.3, 0.4) is 0 Å². The lowest BCUT2D eigenvalue weighted by atomic mass is 9.78. The Bertz CT molecular complexity index is 372. The average molecular weight is 221 g/mol. The highest BCUT2D eigenvalue weighted by Gasteiger charge is 2.37. The molecule has 1 atom stereocenters. The maximum Gasteiger partial charge on any atom is 0.495 e. The van der Waals surface area contributed by atoms with Gasteiger partial charge in [0.2, 0.25) is 0 Å². The third kappa shape index (κ3) is 1.94. The SMILES string of the molecule is CCCOc1cccc2c1B(O)O[C@@H]2CN.